The van der Waals surface area contributed by atoms with Gasteiger partial charge in [0.25, 0.3) is 5.92 Å². The van der Waals surface area contributed by atoms with Crippen LogP contribution in [0.15, 0.2) is 71.5 Å². The number of ether oxygens (including phenoxy) is 2. The fourth-order valence-electron chi connectivity index (χ4n) is 6.47. The Morgan fingerprint density at radius 3 is 2.44 bits per heavy atom. The molecule has 1 saturated heterocycles. The zero-order valence-corrected chi connectivity index (χ0v) is 21.0. The van der Waals surface area contributed by atoms with Crippen molar-refractivity contribution in [1.82, 2.24) is 9.88 Å². The lowest BCUT2D eigenvalue weighted by Crippen LogP contribution is -2.58. The van der Waals surface area contributed by atoms with Gasteiger partial charge in [0, 0.05) is 22.9 Å². The molecule has 9 heteroatoms. The predicted molar refractivity (Wildman–Crippen MR) is 131 cm³/mol. The first-order chi connectivity index (χ1) is 17.2. The van der Waals surface area contributed by atoms with Crippen molar-refractivity contribution in [2.45, 2.75) is 29.1 Å². The minimum Gasteiger partial charge on any atom is -0.495 e. The number of likely N-dealkylation sites (tertiary alicyclic amines) is 1. The minimum absolute atomic E-state index is 0.170. The van der Waals surface area contributed by atoms with Gasteiger partial charge in [0.1, 0.15) is 11.5 Å². The molecule has 2 fully saturated rings. The van der Waals surface area contributed by atoms with Crippen LogP contribution in [0.5, 0.6) is 11.5 Å². The molecule has 188 valence electrons. The summed E-state index contributed by atoms with van der Waals surface area (Å²) in [6.07, 6.45) is 1.64. The lowest BCUT2D eigenvalue weighted by atomic mass is 9.70. The third kappa shape index (κ3) is 3.19. The summed E-state index contributed by atoms with van der Waals surface area (Å²) in [5.41, 5.74) is -1.62. The van der Waals surface area contributed by atoms with E-state index in [9.17, 15) is 19.0 Å². The van der Waals surface area contributed by atoms with Gasteiger partial charge in [-0.3, -0.25) is 9.88 Å². The number of aromatic nitrogens is 1. The third-order valence-corrected chi connectivity index (χ3v) is 8.35. The Balaban J connectivity index is 1.60. The van der Waals surface area contributed by atoms with Crippen LogP contribution in [-0.4, -0.2) is 58.9 Å². The summed E-state index contributed by atoms with van der Waals surface area (Å²) in [7, 11) is 1.47. The first kappa shape index (κ1) is 23.8. The van der Waals surface area contributed by atoms with Crippen molar-refractivity contribution < 1.29 is 28.5 Å². The number of aliphatic hydroxyl groups excluding tert-OH is 1. The molecule has 6 rings (SSSR count). The number of hydrogen-bond donors (Lipinski definition) is 2. The highest BCUT2D eigenvalue weighted by molar-refractivity contribution is 9.10. The number of alkyl halides is 2. The lowest BCUT2D eigenvalue weighted by molar-refractivity contribution is -0.157. The van der Waals surface area contributed by atoms with Gasteiger partial charge < -0.3 is 19.7 Å². The SMILES string of the molecule is COc1cncc2c1C1(O)C(O)C(CN3CC(F)(F)C3)C(c3ccccc3)C1(c1ccc(Br)cc1)O2. The maximum atomic E-state index is 13.8. The number of methoxy groups -OCH3 is 1. The Morgan fingerprint density at radius 1 is 1.11 bits per heavy atom. The van der Waals surface area contributed by atoms with Gasteiger partial charge in [-0.25, -0.2) is 8.78 Å². The maximum Gasteiger partial charge on any atom is 0.272 e. The second-order valence-electron chi connectivity index (χ2n) is 9.85. The first-order valence-corrected chi connectivity index (χ1v) is 12.5. The summed E-state index contributed by atoms with van der Waals surface area (Å²) in [5, 5.41) is 24.7. The van der Waals surface area contributed by atoms with Gasteiger partial charge >= 0.3 is 0 Å². The average Bonchev–Trinajstić information content (AvgIpc) is 3.22. The van der Waals surface area contributed by atoms with Crippen molar-refractivity contribution in [3.8, 4) is 11.5 Å². The summed E-state index contributed by atoms with van der Waals surface area (Å²) in [6.45, 7) is -0.596. The molecule has 1 saturated carbocycles. The van der Waals surface area contributed by atoms with Gasteiger partial charge in [-0.05, 0) is 23.3 Å². The van der Waals surface area contributed by atoms with Crippen LogP contribution in [0, 0.1) is 5.92 Å². The molecule has 3 heterocycles. The van der Waals surface area contributed by atoms with Crippen molar-refractivity contribution in [1.29, 1.82) is 0 Å². The molecule has 0 radical (unpaired) electrons. The highest BCUT2D eigenvalue weighted by Gasteiger charge is 2.77. The van der Waals surface area contributed by atoms with Crippen molar-refractivity contribution in [3.05, 3.63) is 88.2 Å². The van der Waals surface area contributed by atoms with Gasteiger partial charge in [0.05, 0.1) is 44.3 Å². The van der Waals surface area contributed by atoms with Crippen LogP contribution in [0.2, 0.25) is 0 Å². The summed E-state index contributed by atoms with van der Waals surface area (Å²) >= 11 is 3.47. The van der Waals surface area contributed by atoms with Gasteiger partial charge in [-0.15, -0.1) is 0 Å². The van der Waals surface area contributed by atoms with Crippen molar-refractivity contribution in [3.63, 3.8) is 0 Å². The molecule has 0 amide bonds. The molecule has 2 aromatic carbocycles. The Bertz CT molecular complexity index is 1290. The summed E-state index contributed by atoms with van der Waals surface area (Å²) < 4.78 is 40.6. The van der Waals surface area contributed by atoms with E-state index in [2.05, 4.69) is 20.9 Å². The van der Waals surface area contributed by atoms with Crippen LogP contribution in [0.3, 0.4) is 0 Å². The molecule has 0 spiro atoms. The second kappa shape index (κ2) is 8.21. The molecule has 2 N–H and O–H groups in total. The molecule has 1 aromatic heterocycles. The minimum atomic E-state index is -2.75. The fourth-order valence-corrected chi connectivity index (χ4v) is 6.73. The zero-order valence-electron chi connectivity index (χ0n) is 19.4. The molecule has 1 aliphatic carbocycles. The summed E-state index contributed by atoms with van der Waals surface area (Å²) in [5.74, 6) is -3.35. The lowest BCUT2D eigenvalue weighted by Gasteiger charge is -2.43. The average molecular weight is 559 g/mol. The smallest absolute Gasteiger partial charge is 0.272 e. The van der Waals surface area contributed by atoms with Gasteiger partial charge in [-0.2, -0.15) is 0 Å². The molecule has 5 atom stereocenters. The molecule has 3 aromatic rings. The van der Waals surface area contributed by atoms with E-state index in [-0.39, 0.29) is 25.4 Å². The molecule has 3 aliphatic rings. The van der Waals surface area contributed by atoms with E-state index in [0.29, 0.717) is 16.9 Å². The standard InChI is InChI=1S/C27H25BrF2N2O4/c1-35-20-11-31-12-21-23(20)26(34)24(33)19(13-32-14-25(29,30)15-32)22(16-5-3-2-4-6-16)27(26,36-21)17-7-9-18(28)10-8-17/h2-12,19,22,24,33-34H,13-15H2,1H3. The number of nitrogens with zero attached hydrogens (tertiary/aromatic N) is 2. The molecular formula is C27H25BrF2N2O4. The Labute approximate surface area is 215 Å². The quantitative estimate of drug-likeness (QED) is 0.492. The van der Waals surface area contributed by atoms with Crippen LogP contribution in [0.4, 0.5) is 8.78 Å². The topological polar surface area (TPSA) is 75.0 Å². The number of benzene rings is 2. The van der Waals surface area contributed by atoms with Crippen LogP contribution >= 0.6 is 15.9 Å². The van der Waals surface area contributed by atoms with E-state index in [4.69, 9.17) is 9.47 Å². The van der Waals surface area contributed by atoms with Crippen LogP contribution in [0.1, 0.15) is 22.6 Å². The Morgan fingerprint density at radius 2 is 1.81 bits per heavy atom. The number of hydrogen-bond acceptors (Lipinski definition) is 6. The molecule has 5 unspecified atom stereocenters. The van der Waals surface area contributed by atoms with Gasteiger partial charge in [0.2, 0.25) is 0 Å². The monoisotopic (exact) mass is 558 g/mol. The summed E-state index contributed by atoms with van der Waals surface area (Å²) in [4.78, 5) is 5.83. The fraction of sp³-hybridized carbons (Fsp3) is 0.370. The summed E-state index contributed by atoms with van der Waals surface area (Å²) in [6, 6.07) is 16.9. The normalized spacial score (nSPS) is 32.3. The van der Waals surface area contributed by atoms with Gasteiger partial charge in [0.15, 0.2) is 11.2 Å². The van der Waals surface area contributed by atoms with Crippen molar-refractivity contribution in [2.75, 3.05) is 26.7 Å². The molecular weight excluding hydrogens is 534 g/mol. The van der Waals surface area contributed by atoms with E-state index in [1.165, 1.54) is 19.5 Å². The number of fused-ring (bicyclic) bond motifs is 3. The van der Waals surface area contributed by atoms with Crippen LogP contribution in [0.25, 0.3) is 0 Å². The third-order valence-electron chi connectivity index (χ3n) is 7.82. The van der Waals surface area contributed by atoms with E-state index in [1.807, 2.05) is 54.6 Å². The highest BCUT2D eigenvalue weighted by Crippen LogP contribution is 2.69. The zero-order chi connectivity index (χ0) is 25.3. The largest absolute Gasteiger partial charge is 0.495 e. The molecule has 2 aliphatic heterocycles. The van der Waals surface area contributed by atoms with Crippen molar-refractivity contribution in [2.24, 2.45) is 5.92 Å². The number of rotatable bonds is 5. The van der Waals surface area contributed by atoms with E-state index in [0.717, 1.165) is 10.0 Å². The van der Waals surface area contributed by atoms with E-state index in [1.54, 1.807) is 4.90 Å². The van der Waals surface area contributed by atoms with Gasteiger partial charge in [-0.1, -0.05) is 58.4 Å². The van der Waals surface area contributed by atoms with Crippen LogP contribution < -0.4 is 9.47 Å². The Hall–Kier alpha value is -2.59. The maximum absolute atomic E-state index is 13.8. The number of pyridine rings is 1. The number of aliphatic hydroxyl groups is 2. The molecule has 36 heavy (non-hydrogen) atoms. The predicted octanol–water partition coefficient (Wildman–Crippen LogP) is 4.05. The second-order valence-corrected chi connectivity index (χ2v) is 10.8. The van der Waals surface area contributed by atoms with E-state index >= 15 is 0 Å². The van der Waals surface area contributed by atoms with Crippen molar-refractivity contribution >= 4 is 15.9 Å². The first-order valence-electron chi connectivity index (χ1n) is 11.7. The van der Waals surface area contributed by atoms with Crippen LogP contribution in [-0.2, 0) is 11.2 Å². The van der Waals surface area contributed by atoms with E-state index < -0.39 is 35.1 Å². The highest BCUT2D eigenvalue weighted by atomic mass is 79.9. The molecule has 0 bridgehead atoms. The number of halogens is 3. The Kier molecular flexibility index (Phi) is 5.42. The molecule has 6 nitrogen and oxygen atoms in total.